The number of benzene rings is 3. The molecule has 0 aliphatic carbocycles. The zero-order chi connectivity index (χ0) is 21.8. The monoisotopic (exact) mass is 420 g/mol. The molecule has 1 aromatic heterocycles. The number of nitrogens with zero attached hydrogens (tertiary/aromatic N) is 3. The van der Waals surface area contributed by atoms with Gasteiger partial charge in [0.05, 0.1) is 11.3 Å². The minimum Gasteiger partial charge on any atom is -0.383 e. The van der Waals surface area contributed by atoms with Crippen molar-refractivity contribution in [3.05, 3.63) is 89.5 Å². The van der Waals surface area contributed by atoms with Crippen LogP contribution in [0.15, 0.2) is 77.8 Å². The van der Waals surface area contributed by atoms with Crippen molar-refractivity contribution in [2.24, 2.45) is 0 Å². The number of anilines is 1. The molecule has 0 amide bonds. The van der Waals surface area contributed by atoms with Gasteiger partial charge in [0.1, 0.15) is 28.5 Å². The molecule has 3 aromatic carbocycles. The van der Waals surface area contributed by atoms with E-state index in [0.717, 1.165) is 22.5 Å². The highest BCUT2D eigenvalue weighted by molar-refractivity contribution is 8.00. The molecule has 0 spiro atoms. The molecule has 148 valence electrons. The molecule has 4 rings (SSSR count). The minimum atomic E-state index is -0.0781. The van der Waals surface area contributed by atoms with E-state index in [0.29, 0.717) is 21.7 Å². The summed E-state index contributed by atoms with van der Waals surface area (Å²) in [5.41, 5.74) is 8.17. The highest BCUT2D eigenvalue weighted by Crippen LogP contribution is 2.35. The number of rotatable bonds is 5. The standard InChI is InChI=1S/C25H16N4OS/c26-13-20-23(17-7-2-1-3-8-17)21(14-27)25(29-24(20)28)31-15-22(30)19-11-10-16-6-4-5-9-18(16)12-19/h1-12H,15H2,(H2,28,29). The lowest BCUT2D eigenvalue weighted by Crippen LogP contribution is -2.06. The lowest BCUT2D eigenvalue weighted by Gasteiger charge is -2.12. The van der Waals surface area contributed by atoms with Gasteiger partial charge < -0.3 is 5.73 Å². The quantitative estimate of drug-likeness (QED) is 0.351. The number of hydrogen-bond donors (Lipinski definition) is 1. The van der Waals surface area contributed by atoms with Gasteiger partial charge in [0, 0.05) is 11.1 Å². The first-order valence-electron chi connectivity index (χ1n) is 9.46. The van der Waals surface area contributed by atoms with Gasteiger partial charge in [0.15, 0.2) is 5.78 Å². The molecule has 0 fully saturated rings. The number of carbonyl (C=O) groups is 1. The molecular weight excluding hydrogens is 404 g/mol. The zero-order valence-electron chi connectivity index (χ0n) is 16.4. The third-order valence-electron chi connectivity index (χ3n) is 4.89. The Hall–Kier alpha value is -4.13. The number of Topliss-reactive ketones (excluding diaryl/α,β-unsaturated/α-hetero) is 1. The van der Waals surface area contributed by atoms with E-state index in [4.69, 9.17) is 5.73 Å². The van der Waals surface area contributed by atoms with Gasteiger partial charge in [-0.05, 0) is 22.4 Å². The van der Waals surface area contributed by atoms with E-state index in [-0.39, 0.29) is 28.5 Å². The summed E-state index contributed by atoms with van der Waals surface area (Å²) in [7, 11) is 0. The summed E-state index contributed by atoms with van der Waals surface area (Å²) < 4.78 is 0. The Morgan fingerprint density at radius 2 is 1.58 bits per heavy atom. The first kappa shape index (κ1) is 20.2. The highest BCUT2D eigenvalue weighted by Gasteiger charge is 2.21. The van der Waals surface area contributed by atoms with E-state index in [1.807, 2.05) is 66.7 Å². The molecule has 0 saturated heterocycles. The van der Waals surface area contributed by atoms with E-state index in [2.05, 4.69) is 17.1 Å². The molecule has 4 aromatic rings. The fraction of sp³-hybridized carbons (Fsp3) is 0.0400. The van der Waals surface area contributed by atoms with Crippen LogP contribution in [0.5, 0.6) is 0 Å². The number of aromatic nitrogens is 1. The summed E-state index contributed by atoms with van der Waals surface area (Å²) in [4.78, 5) is 17.1. The minimum absolute atomic E-state index is 0.0426. The number of fused-ring (bicyclic) bond motifs is 1. The molecule has 0 aliphatic heterocycles. The van der Waals surface area contributed by atoms with E-state index < -0.39 is 0 Å². The summed E-state index contributed by atoms with van der Waals surface area (Å²) in [5, 5.41) is 21.8. The van der Waals surface area contributed by atoms with E-state index in [1.54, 1.807) is 6.07 Å². The van der Waals surface area contributed by atoms with Crippen LogP contribution in [0.1, 0.15) is 21.5 Å². The maximum absolute atomic E-state index is 12.8. The Morgan fingerprint density at radius 1 is 0.903 bits per heavy atom. The molecule has 1 heterocycles. The van der Waals surface area contributed by atoms with Gasteiger partial charge in [-0.15, -0.1) is 0 Å². The molecule has 5 nitrogen and oxygen atoms in total. The molecule has 0 radical (unpaired) electrons. The zero-order valence-corrected chi connectivity index (χ0v) is 17.2. The smallest absolute Gasteiger partial charge is 0.173 e. The Morgan fingerprint density at radius 3 is 2.29 bits per heavy atom. The largest absolute Gasteiger partial charge is 0.383 e. The van der Waals surface area contributed by atoms with Crippen LogP contribution in [-0.2, 0) is 0 Å². The second kappa shape index (κ2) is 8.71. The van der Waals surface area contributed by atoms with Crippen molar-refractivity contribution in [1.29, 1.82) is 10.5 Å². The second-order valence-electron chi connectivity index (χ2n) is 6.79. The maximum atomic E-state index is 12.8. The van der Waals surface area contributed by atoms with Crippen LogP contribution < -0.4 is 5.73 Å². The first-order valence-corrected chi connectivity index (χ1v) is 10.4. The van der Waals surface area contributed by atoms with Gasteiger partial charge in [0.25, 0.3) is 0 Å². The van der Waals surface area contributed by atoms with Crippen molar-refractivity contribution < 1.29 is 4.79 Å². The van der Waals surface area contributed by atoms with Crippen molar-refractivity contribution >= 4 is 34.1 Å². The summed E-state index contributed by atoms with van der Waals surface area (Å²) in [6.07, 6.45) is 0. The Bertz CT molecular complexity index is 1380. The predicted octanol–water partition coefficient (Wildman–Crippen LogP) is 5.20. The summed E-state index contributed by atoms with van der Waals surface area (Å²) in [6, 6.07) is 26.7. The van der Waals surface area contributed by atoms with Crippen LogP contribution in [0, 0.1) is 22.7 Å². The van der Waals surface area contributed by atoms with Crippen LogP contribution >= 0.6 is 11.8 Å². The number of hydrogen-bond acceptors (Lipinski definition) is 6. The van der Waals surface area contributed by atoms with Crippen molar-refractivity contribution in [2.45, 2.75) is 5.03 Å². The summed E-state index contributed by atoms with van der Waals surface area (Å²) in [5.74, 6) is 0.0613. The van der Waals surface area contributed by atoms with Crippen molar-refractivity contribution in [3.63, 3.8) is 0 Å². The Labute approximate surface area is 183 Å². The van der Waals surface area contributed by atoms with Crippen LogP contribution in [0.2, 0.25) is 0 Å². The highest BCUT2D eigenvalue weighted by atomic mass is 32.2. The fourth-order valence-electron chi connectivity index (χ4n) is 3.38. The summed E-state index contributed by atoms with van der Waals surface area (Å²) >= 11 is 1.15. The van der Waals surface area contributed by atoms with Crippen LogP contribution in [0.25, 0.3) is 21.9 Å². The molecule has 0 atom stereocenters. The van der Waals surface area contributed by atoms with Crippen LogP contribution in [0.4, 0.5) is 5.82 Å². The van der Waals surface area contributed by atoms with Crippen LogP contribution in [-0.4, -0.2) is 16.5 Å². The number of ketones is 1. The maximum Gasteiger partial charge on any atom is 0.173 e. The van der Waals surface area contributed by atoms with Crippen molar-refractivity contribution in [2.75, 3.05) is 11.5 Å². The number of nitrogens with two attached hydrogens (primary N) is 1. The van der Waals surface area contributed by atoms with E-state index >= 15 is 0 Å². The van der Waals surface area contributed by atoms with Gasteiger partial charge in [-0.1, -0.05) is 78.5 Å². The van der Waals surface area contributed by atoms with Crippen LogP contribution in [0.3, 0.4) is 0 Å². The molecule has 6 heteroatoms. The Balaban J connectivity index is 1.68. The van der Waals surface area contributed by atoms with E-state index in [9.17, 15) is 15.3 Å². The molecule has 0 aliphatic rings. The number of thioether (sulfide) groups is 1. The lowest BCUT2D eigenvalue weighted by atomic mass is 9.97. The van der Waals surface area contributed by atoms with E-state index in [1.165, 1.54) is 0 Å². The fourth-order valence-corrected chi connectivity index (χ4v) is 4.27. The average molecular weight is 420 g/mol. The predicted molar refractivity (Wildman–Crippen MR) is 123 cm³/mol. The topological polar surface area (TPSA) is 104 Å². The average Bonchev–Trinajstić information content (AvgIpc) is 2.82. The third kappa shape index (κ3) is 3.98. The Kier molecular flexibility index (Phi) is 5.66. The van der Waals surface area contributed by atoms with Gasteiger partial charge >= 0.3 is 0 Å². The molecule has 2 N–H and O–H groups in total. The molecule has 0 unspecified atom stereocenters. The molecular formula is C25H16N4OS. The van der Waals surface area contributed by atoms with Gasteiger partial charge in [-0.2, -0.15) is 10.5 Å². The van der Waals surface area contributed by atoms with Gasteiger partial charge in [-0.25, -0.2) is 4.98 Å². The second-order valence-corrected chi connectivity index (χ2v) is 7.75. The van der Waals surface area contributed by atoms with Crippen molar-refractivity contribution in [1.82, 2.24) is 4.98 Å². The first-order chi connectivity index (χ1) is 15.1. The number of pyridine rings is 1. The number of nitrogen functional groups attached to an aromatic ring is 1. The number of carbonyl (C=O) groups excluding carboxylic acids is 1. The molecule has 0 saturated carbocycles. The number of nitriles is 2. The third-order valence-corrected chi connectivity index (χ3v) is 5.86. The molecule has 31 heavy (non-hydrogen) atoms. The lowest BCUT2D eigenvalue weighted by molar-refractivity contribution is 0.102. The summed E-state index contributed by atoms with van der Waals surface area (Å²) in [6.45, 7) is 0. The van der Waals surface area contributed by atoms with Crippen molar-refractivity contribution in [3.8, 4) is 23.3 Å². The molecule has 0 bridgehead atoms. The normalized spacial score (nSPS) is 10.4. The van der Waals surface area contributed by atoms with Gasteiger partial charge in [0.2, 0.25) is 0 Å². The van der Waals surface area contributed by atoms with Gasteiger partial charge in [-0.3, -0.25) is 4.79 Å². The SMILES string of the molecule is N#Cc1c(N)nc(SCC(=O)c2ccc3ccccc3c2)c(C#N)c1-c1ccccc1.